The van der Waals surface area contributed by atoms with Gasteiger partial charge in [-0.1, -0.05) is 12.8 Å². The van der Waals surface area contributed by atoms with Crippen molar-refractivity contribution in [3.05, 3.63) is 0 Å². The summed E-state index contributed by atoms with van der Waals surface area (Å²) in [5.41, 5.74) is 6.10. The fraction of sp³-hybridized carbons (Fsp3) is 1.00. The first kappa shape index (κ1) is 12.3. The molecule has 16 heavy (non-hydrogen) atoms. The van der Waals surface area contributed by atoms with Gasteiger partial charge in [-0.15, -0.1) is 0 Å². The Kier molecular flexibility index (Phi) is 3.88. The molecule has 2 unspecified atom stereocenters. The Morgan fingerprint density at radius 3 is 2.75 bits per heavy atom. The van der Waals surface area contributed by atoms with Crippen molar-refractivity contribution in [2.75, 3.05) is 20.2 Å². The van der Waals surface area contributed by atoms with Gasteiger partial charge < -0.3 is 15.4 Å². The second-order valence-electron chi connectivity index (χ2n) is 5.80. The molecule has 1 saturated heterocycles. The van der Waals surface area contributed by atoms with Crippen LogP contribution in [-0.4, -0.2) is 42.8 Å². The Balaban J connectivity index is 1.90. The van der Waals surface area contributed by atoms with Crippen molar-refractivity contribution in [3.8, 4) is 0 Å². The van der Waals surface area contributed by atoms with Crippen molar-refractivity contribution in [1.29, 1.82) is 0 Å². The number of nitrogens with zero attached hydrogens (tertiary/aromatic N) is 1. The Hall–Kier alpha value is -0.120. The molecule has 94 valence electrons. The summed E-state index contributed by atoms with van der Waals surface area (Å²) in [6, 6.07) is 0.949. The Morgan fingerprint density at radius 2 is 2.12 bits per heavy atom. The molecule has 0 aromatic heterocycles. The maximum atomic E-state index is 6.05. The fourth-order valence-corrected chi connectivity index (χ4v) is 3.35. The summed E-state index contributed by atoms with van der Waals surface area (Å²) in [6.07, 6.45) is 7.64. The normalized spacial score (nSPS) is 31.1. The molecule has 1 saturated carbocycles. The maximum absolute atomic E-state index is 6.05. The molecule has 1 aliphatic carbocycles. The summed E-state index contributed by atoms with van der Waals surface area (Å²) < 4.78 is 6.05. The summed E-state index contributed by atoms with van der Waals surface area (Å²) >= 11 is 0. The number of rotatable bonds is 3. The van der Waals surface area contributed by atoms with Gasteiger partial charge in [0.2, 0.25) is 0 Å². The predicted molar refractivity (Wildman–Crippen MR) is 66.5 cm³/mol. The van der Waals surface area contributed by atoms with E-state index in [1.807, 2.05) is 0 Å². The minimum atomic E-state index is 0.231. The molecule has 3 heteroatoms. The lowest BCUT2D eigenvalue weighted by molar-refractivity contribution is -0.0990. The van der Waals surface area contributed by atoms with Crippen molar-refractivity contribution in [2.45, 2.75) is 63.1 Å². The number of likely N-dealkylation sites (N-methyl/N-ethyl adjacent to an activating group) is 1. The second kappa shape index (κ2) is 5.03. The van der Waals surface area contributed by atoms with Crippen LogP contribution in [-0.2, 0) is 4.74 Å². The number of ether oxygens (including phenoxy) is 1. The summed E-state index contributed by atoms with van der Waals surface area (Å²) in [7, 11) is 2.21. The third kappa shape index (κ3) is 2.76. The molecular formula is C13H26N2O. The average molecular weight is 226 g/mol. The summed E-state index contributed by atoms with van der Waals surface area (Å²) in [6.45, 7) is 4.02. The van der Waals surface area contributed by atoms with Crippen LogP contribution in [0.5, 0.6) is 0 Å². The number of hydrogen-bond donors (Lipinski definition) is 1. The van der Waals surface area contributed by atoms with Crippen LogP contribution >= 0.6 is 0 Å². The largest absolute Gasteiger partial charge is 0.375 e. The first-order valence-electron chi connectivity index (χ1n) is 6.71. The maximum Gasteiger partial charge on any atom is 0.0697 e. The highest BCUT2D eigenvalue weighted by Crippen LogP contribution is 2.40. The molecule has 3 nitrogen and oxygen atoms in total. The molecule has 0 amide bonds. The zero-order valence-electron chi connectivity index (χ0n) is 10.7. The molecule has 1 heterocycles. The van der Waals surface area contributed by atoms with Crippen LogP contribution in [0.4, 0.5) is 0 Å². The van der Waals surface area contributed by atoms with Gasteiger partial charge in [-0.05, 0) is 39.7 Å². The van der Waals surface area contributed by atoms with E-state index in [2.05, 4.69) is 18.9 Å². The van der Waals surface area contributed by atoms with E-state index in [0.717, 1.165) is 13.2 Å². The molecule has 2 fully saturated rings. The lowest BCUT2D eigenvalue weighted by Crippen LogP contribution is -2.48. The van der Waals surface area contributed by atoms with Crippen molar-refractivity contribution in [2.24, 2.45) is 5.73 Å². The SMILES string of the molecule is CC(N)CN(C)C1CCOC2(CCCC2)C1. The fourth-order valence-electron chi connectivity index (χ4n) is 3.35. The van der Waals surface area contributed by atoms with Gasteiger partial charge in [0.05, 0.1) is 5.60 Å². The Bertz CT molecular complexity index is 224. The van der Waals surface area contributed by atoms with Crippen LogP contribution < -0.4 is 5.73 Å². The molecule has 0 radical (unpaired) electrons. The Labute approximate surface area is 99.3 Å². The molecule has 0 aromatic carbocycles. The van der Waals surface area contributed by atoms with E-state index in [9.17, 15) is 0 Å². The lowest BCUT2D eigenvalue weighted by atomic mass is 9.88. The molecular weight excluding hydrogens is 200 g/mol. The zero-order valence-corrected chi connectivity index (χ0v) is 10.7. The van der Waals surface area contributed by atoms with Gasteiger partial charge >= 0.3 is 0 Å². The van der Waals surface area contributed by atoms with E-state index >= 15 is 0 Å². The highest BCUT2D eigenvalue weighted by atomic mass is 16.5. The summed E-state index contributed by atoms with van der Waals surface area (Å²) in [4.78, 5) is 2.44. The number of hydrogen-bond acceptors (Lipinski definition) is 3. The van der Waals surface area contributed by atoms with Crippen molar-refractivity contribution >= 4 is 0 Å². The van der Waals surface area contributed by atoms with Crippen LogP contribution in [0.25, 0.3) is 0 Å². The molecule has 0 bridgehead atoms. The topological polar surface area (TPSA) is 38.5 Å². The Morgan fingerprint density at radius 1 is 1.44 bits per heavy atom. The highest BCUT2D eigenvalue weighted by molar-refractivity contribution is 4.94. The van der Waals surface area contributed by atoms with E-state index < -0.39 is 0 Å². The third-order valence-corrected chi connectivity index (χ3v) is 4.18. The first-order valence-corrected chi connectivity index (χ1v) is 6.71. The van der Waals surface area contributed by atoms with Crippen molar-refractivity contribution in [1.82, 2.24) is 4.90 Å². The lowest BCUT2D eigenvalue weighted by Gasteiger charge is -2.42. The standard InChI is InChI=1S/C13H26N2O/c1-11(14)10-15(2)12-5-8-16-13(9-12)6-3-4-7-13/h11-12H,3-10,14H2,1-2H3. The molecule has 2 N–H and O–H groups in total. The van der Waals surface area contributed by atoms with Gasteiger partial charge in [0.1, 0.15) is 0 Å². The van der Waals surface area contributed by atoms with Gasteiger partial charge in [-0.2, -0.15) is 0 Å². The van der Waals surface area contributed by atoms with E-state index in [4.69, 9.17) is 10.5 Å². The monoisotopic (exact) mass is 226 g/mol. The van der Waals surface area contributed by atoms with E-state index in [1.165, 1.54) is 38.5 Å². The third-order valence-electron chi connectivity index (χ3n) is 4.18. The van der Waals surface area contributed by atoms with Gasteiger partial charge in [0.25, 0.3) is 0 Å². The highest BCUT2D eigenvalue weighted by Gasteiger charge is 2.40. The average Bonchev–Trinajstić information content (AvgIpc) is 2.65. The van der Waals surface area contributed by atoms with E-state index in [-0.39, 0.29) is 11.6 Å². The van der Waals surface area contributed by atoms with E-state index in [1.54, 1.807) is 0 Å². The molecule has 0 aromatic rings. The van der Waals surface area contributed by atoms with Gasteiger partial charge in [0.15, 0.2) is 0 Å². The quantitative estimate of drug-likeness (QED) is 0.797. The molecule has 2 atom stereocenters. The second-order valence-corrected chi connectivity index (χ2v) is 5.80. The molecule has 2 aliphatic rings. The minimum Gasteiger partial charge on any atom is -0.375 e. The first-order chi connectivity index (χ1) is 7.61. The predicted octanol–water partition coefficient (Wildman–Crippen LogP) is 1.76. The van der Waals surface area contributed by atoms with Gasteiger partial charge in [-0.3, -0.25) is 0 Å². The zero-order chi connectivity index (χ0) is 11.6. The van der Waals surface area contributed by atoms with E-state index in [0.29, 0.717) is 6.04 Å². The molecule has 1 spiro atoms. The summed E-state index contributed by atoms with van der Waals surface area (Å²) in [5, 5.41) is 0. The van der Waals surface area contributed by atoms with Gasteiger partial charge in [0, 0.05) is 25.2 Å². The van der Waals surface area contributed by atoms with Crippen LogP contribution in [0.2, 0.25) is 0 Å². The van der Waals surface area contributed by atoms with Crippen molar-refractivity contribution in [3.63, 3.8) is 0 Å². The smallest absolute Gasteiger partial charge is 0.0697 e. The molecule has 2 rings (SSSR count). The van der Waals surface area contributed by atoms with Crippen molar-refractivity contribution < 1.29 is 4.74 Å². The molecule has 1 aliphatic heterocycles. The van der Waals surface area contributed by atoms with Crippen LogP contribution in [0.3, 0.4) is 0 Å². The number of nitrogens with two attached hydrogens (primary N) is 1. The van der Waals surface area contributed by atoms with Crippen LogP contribution in [0.15, 0.2) is 0 Å². The minimum absolute atomic E-state index is 0.231. The summed E-state index contributed by atoms with van der Waals surface area (Å²) in [5.74, 6) is 0. The van der Waals surface area contributed by atoms with Crippen LogP contribution in [0.1, 0.15) is 45.4 Å². The van der Waals surface area contributed by atoms with Gasteiger partial charge in [-0.25, -0.2) is 0 Å². The van der Waals surface area contributed by atoms with Crippen LogP contribution in [0, 0.1) is 0 Å².